The highest BCUT2D eigenvalue weighted by molar-refractivity contribution is 5.96. The van der Waals surface area contributed by atoms with Gasteiger partial charge in [0, 0.05) is 37.3 Å². The lowest BCUT2D eigenvalue weighted by Crippen LogP contribution is -2.26. The average molecular weight is 430 g/mol. The molecule has 5 nitrogen and oxygen atoms in total. The Bertz CT molecular complexity index is 1110. The molecule has 1 aliphatic rings. The number of rotatable bonds is 7. The van der Waals surface area contributed by atoms with Crippen LogP contribution >= 0.6 is 0 Å². The second-order valence-electron chi connectivity index (χ2n) is 8.96. The Labute approximate surface area is 189 Å². The molecule has 2 heterocycles. The predicted molar refractivity (Wildman–Crippen MR) is 126 cm³/mol. The first-order chi connectivity index (χ1) is 15.4. The third-order valence-corrected chi connectivity index (χ3v) is 6.50. The third-order valence-electron chi connectivity index (χ3n) is 6.50. The van der Waals surface area contributed by atoms with Gasteiger partial charge in [-0.05, 0) is 55.0 Å². The van der Waals surface area contributed by atoms with Gasteiger partial charge in [-0.2, -0.15) is 5.10 Å². The fraction of sp³-hybridized carbons (Fsp3) is 0.370. The molecule has 1 N–H and O–H groups in total. The van der Waals surface area contributed by atoms with E-state index in [-0.39, 0.29) is 24.2 Å². The Kier molecular flexibility index (Phi) is 6.66. The van der Waals surface area contributed by atoms with Gasteiger partial charge in [-0.25, -0.2) is 0 Å². The molecule has 4 rings (SSSR count). The molecule has 1 saturated carbocycles. The molecule has 166 valence electrons. The van der Waals surface area contributed by atoms with E-state index in [9.17, 15) is 9.90 Å². The third kappa shape index (κ3) is 5.05. The molecule has 1 fully saturated rings. The zero-order valence-electron chi connectivity index (χ0n) is 18.9. The Morgan fingerprint density at radius 1 is 1.19 bits per heavy atom. The number of hydrogen-bond donors (Lipinski definition) is 1. The summed E-state index contributed by atoms with van der Waals surface area (Å²) in [7, 11) is 1.91. The van der Waals surface area contributed by atoms with Gasteiger partial charge in [0.15, 0.2) is 5.78 Å². The van der Waals surface area contributed by atoms with E-state index in [2.05, 4.69) is 40.9 Å². The summed E-state index contributed by atoms with van der Waals surface area (Å²) in [6.45, 7) is 6.15. The van der Waals surface area contributed by atoms with Crippen LogP contribution in [0.2, 0.25) is 0 Å². The van der Waals surface area contributed by atoms with Crippen molar-refractivity contribution in [1.29, 1.82) is 0 Å². The first-order valence-electron chi connectivity index (χ1n) is 11.3. The molecular weight excluding hydrogens is 398 g/mol. The summed E-state index contributed by atoms with van der Waals surface area (Å²) < 4.78 is 1.80. The minimum atomic E-state index is -0.375. The molecule has 3 aromatic rings. The monoisotopic (exact) mass is 429 g/mol. The second kappa shape index (κ2) is 9.61. The predicted octanol–water partition coefficient (Wildman–Crippen LogP) is 5.06. The minimum Gasteiger partial charge on any atom is -0.393 e. The number of nitrogens with zero attached hydrogens (tertiary/aromatic N) is 3. The molecule has 0 spiro atoms. The number of benzene rings is 1. The number of aliphatic hydroxyl groups excluding tert-OH is 1. The molecule has 1 unspecified atom stereocenters. The Hall–Kier alpha value is -3.05. The zero-order valence-corrected chi connectivity index (χ0v) is 18.9. The summed E-state index contributed by atoms with van der Waals surface area (Å²) in [4.78, 5) is 17.3. The van der Waals surface area contributed by atoms with E-state index in [0.717, 1.165) is 60.1 Å². The van der Waals surface area contributed by atoms with Crippen LogP contribution in [0.15, 0.2) is 60.9 Å². The lowest BCUT2D eigenvalue weighted by atomic mass is 9.80. The molecule has 0 aliphatic heterocycles. The van der Waals surface area contributed by atoms with Crippen molar-refractivity contribution in [3.05, 3.63) is 83.3 Å². The van der Waals surface area contributed by atoms with Crippen LogP contribution in [-0.4, -0.2) is 31.8 Å². The molecule has 2 atom stereocenters. The smallest absolute Gasteiger partial charge is 0.185 e. The number of pyridine rings is 1. The van der Waals surface area contributed by atoms with Gasteiger partial charge >= 0.3 is 0 Å². The number of carbonyl (C=O) groups excluding carboxylic acids is 1. The van der Waals surface area contributed by atoms with Gasteiger partial charge < -0.3 is 5.11 Å². The lowest BCUT2D eigenvalue weighted by Gasteiger charge is -2.29. The van der Waals surface area contributed by atoms with Crippen molar-refractivity contribution in [1.82, 2.24) is 14.8 Å². The van der Waals surface area contributed by atoms with Gasteiger partial charge in [0.2, 0.25) is 0 Å². The fourth-order valence-electron chi connectivity index (χ4n) is 4.51. The molecule has 2 aromatic heterocycles. The van der Waals surface area contributed by atoms with Crippen LogP contribution in [0.4, 0.5) is 0 Å². The second-order valence-corrected chi connectivity index (χ2v) is 8.96. The van der Waals surface area contributed by atoms with Gasteiger partial charge in [0.1, 0.15) is 5.69 Å². The van der Waals surface area contributed by atoms with Crippen molar-refractivity contribution in [2.75, 3.05) is 0 Å². The SMILES string of the molecule is C=C(CC(=O)c1cc(Cc2ccc(-c3ccn(C)n3)cc2)c(C)cn1)C1CCCC[C@@H]1O. The van der Waals surface area contributed by atoms with Crippen LogP contribution in [0, 0.1) is 12.8 Å². The van der Waals surface area contributed by atoms with Crippen LogP contribution < -0.4 is 0 Å². The minimum absolute atomic E-state index is 0.0234. The number of aliphatic hydroxyl groups is 1. The number of carbonyl (C=O) groups is 1. The van der Waals surface area contributed by atoms with Crippen molar-refractivity contribution < 1.29 is 9.90 Å². The molecular formula is C27H31N3O2. The van der Waals surface area contributed by atoms with E-state index in [1.807, 2.05) is 32.3 Å². The molecule has 1 aromatic carbocycles. The van der Waals surface area contributed by atoms with Gasteiger partial charge in [-0.15, -0.1) is 0 Å². The molecule has 32 heavy (non-hydrogen) atoms. The number of aromatic nitrogens is 3. The highest BCUT2D eigenvalue weighted by Crippen LogP contribution is 2.31. The van der Waals surface area contributed by atoms with E-state index in [1.54, 1.807) is 10.9 Å². The largest absolute Gasteiger partial charge is 0.393 e. The fourth-order valence-corrected chi connectivity index (χ4v) is 4.51. The van der Waals surface area contributed by atoms with Gasteiger partial charge in [0.25, 0.3) is 0 Å². The van der Waals surface area contributed by atoms with Gasteiger partial charge in [-0.1, -0.05) is 49.3 Å². The Morgan fingerprint density at radius 3 is 2.62 bits per heavy atom. The molecule has 0 amide bonds. The van der Waals surface area contributed by atoms with E-state index >= 15 is 0 Å². The van der Waals surface area contributed by atoms with Crippen molar-refractivity contribution in [2.45, 2.75) is 51.6 Å². The Morgan fingerprint density at radius 2 is 1.94 bits per heavy atom. The highest BCUT2D eigenvalue weighted by atomic mass is 16.3. The van der Waals surface area contributed by atoms with Crippen molar-refractivity contribution in [3.63, 3.8) is 0 Å². The molecule has 5 heteroatoms. The van der Waals surface area contributed by atoms with Crippen LogP contribution in [0.5, 0.6) is 0 Å². The normalized spacial score (nSPS) is 18.5. The maximum atomic E-state index is 12.9. The van der Waals surface area contributed by atoms with Gasteiger partial charge in [0.05, 0.1) is 11.8 Å². The first kappa shape index (κ1) is 22.2. The number of aryl methyl sites for hydroxylation is 2. The molecule has 0 radical (unpaired) electrons. The van der Waals surface area contributed by atoms with E-state index in [0.29, 0.717) is 5.69 Å². The summed E-state index contributed by atoms with van der Waals surface area (Å²) >= 11 is 0. The maximum Gasteiger partial charge on any atom is 0.185 e. The van der Waals surface area contributed by atoms with Crippen LogP contribution in [0.25, 0.3) is 11.3 Å². The maximum absolute atomic E-state index is 12.9. The summed E-state index contributed by atoms with van der Waals surface area (Å²) in [5.74, 6) is -0.00485. The van der Waals surface area contributed by atoms with E-state index in [4.69, 9.17) is 0 Å². The average Bonchev–Trinajstić information content (AvgIpc) is 3.22. The molecule has 0 saturated heterocycles. The summed E-state index contributed by atoms with van der Waals surface area (Å²) in [5.41, 5.74) is 6.68. The van der Waals surface area contributed by atoms with Crippen molar-refractivity contribution in [2.24, 2.45) is 13.0 Å². The van der Waals surface area contributed by atoms with E-state index < -0.39 is 0 Å². The molecule has 1 aliphatic carbocycles. The van der Waals surface area contributed by atoms with E-state index in [1.165, 1.54) is 5.56 Å². The van der Waals surface area contributed by atoms with Gasteiger partial charge in [-0.3, -0.25) is 14.5 Å². The van der Waals surface area contributed by atoms with Crippen LogP contribution in [-0.2, 0) is 13.5 Å². The summed E-state index contributed by atoms with van der Waals surface area (Å²) in [6.07, 6.45) is 8.16. The topological polar surface area (TPSA) is 68.0 Å². The van der Waals surface area contributed by atoms with Crippen molar-refractivity contribution >= 4 is 5.78 Å². The standard InChI is InChI=1S/C27H31N3O2/c1-18(23-6-4-5-7-26(23)31)14-27(32)25-16-22(19(2)17-28-25)15-20-8-10-21(11-9-20)24-12-13-30(3)29-24/h8-13,16-17,23,26,31H,1,4-7,14-15H2,2-3H3/t23?,26-/m0/s1. The summed E-state index contributed by atoms with van der Waals surface area (Å²) in [6, 6.07) is 12.3. The number of Topliss-reactive ketones (excluding diaryl/α,β-unsaturated/α-hetero) is 1. The quantitative estimate of drug-likeness (QED) is 0.421. The number of ketones is 1. The van der Waals surface area contributed by atoms with Crippen LogP contribution in [0.3, 0.4) is 0 Å². The molecule has 0 bridgehead atoms. The highest BCUT2D eigenvalue weighted by Gasteiger charge is 2.26. The Balaban J connectivity index is 1.45. The van der Waals surface area contributed by atoms with Crippen LogP contribution in [0.1, 0.15) is 59.3 Å². The summed E-state index contributed by atoms with van der Waals surface area (Å²) in [5, 5.41) is 14.7. The first-order valence-corrected chi connectivity index (χ1v) is 11.3. The zero-order chi connectivity index (χ0) is 22.7. The van der Waals surface area contributed by atoms with Crippen molar-refractivity contribution in [3.8, 4) is 11.3 Å². The number of hydrogen-bond acceptors (Lipinski definition) is 4. The lowest BCUT2D eigenvalue weighted by molar-refractivity contribution is 0.0829.